The molecule has 9 nitrogen and oxygen atoms in total. The first-order chi connectivity index (χ1) is 18.0. The lowest BCUT2D eigenvalue weighted by atomic mass is 9.85. The molecule has 0 saturated heterocycles. The van der Waals surface area contributed by atoms with Crippen LogP contribution in [0, 0.1) is 5.92 Å². The first kappa shape index (κ1) is 24.8. The Morgan fingerprint density at radius 2 is 1.68 bits per heavy atom. The summed E-state index contributed by atoms with van der Waals surface area (Å²) in [4.78, 5) is 21.6. The Morgan fingerprint density at radius 1 is 0.973 bits per heavy atom. The average molecular weight is 500 g/mol. The van der Waals surface area contributed by atoms with Crippen LogP contribution in [0.1, 0.15) is 45.1 Å². The fourth-order valence-corrected chi connectivity index (χ4v) is 4.87. The van der Waals surface area contributed by atoms with Crippen LogP contribution in [-0.4, -0.2) is 53.2 Å². The molecule has 4 aromatic rings. The van der Waals surface area contributed by atoms with Crippen molar-refractivity contribution in [2.45, 2.75) is 51.2 Å². The second kappa shape index (κ2) is 11.0. The maximum Gasteiger partial charge on any atom is 0.223 e. The minimum absolute atomic E-state index is 0.0397. The van der Waals surface area contributed by atoms with Crippen molar-refractivity contribution in [3.8, 4) is 33.6 Å². The normalized spacial score (nSPS) is 18.5. The number of carbonyl (C=O) groups excluding carboxylic acids is 1. The minimum atomic E-state index is -0.393. The number of nitrogens with zero attached hydrogens (tertiary/aromatic N) is 6. The molecule has 1 aromatic carbocycles. The number of benzene rings is 1. The van der Waals surface area contributed by atoms with Gasteiger partial charge in [-0.2, -0.15) is 10.2 Å². The lowest BCUT2D eigenvalue weighted by Crippen LogP contribution is -2.35. The van der Waals surface area contributed by atoms with Gasteiger partial charge >= 0.3 is 0 Å². The number of rotatable bonds is 8. The Morgan fingerprint density at radius 3 is 2.38 bits per heavy atom. The van der Waals surface area contributed by atoms with Crippen molar-refractivity contribution in [1.82, 2.24) is 34.8 Å². The fourth-order valence-electron chi connectivity index (χ4n) is 4.87. The van der Waals surface area contributed by atoms with Gasteiger partial charge in [-0.25, -0.2) is 9.97 Å². The molecular formula is C28H33N7O2. The summed E-state index contributed by atoms with van der Waals surface area (Å²) in [6.07, 6.45) is 15.1. The van der Waals surface area contributed by atoms with Crippen molar-refractivity contribution >= 4 is 5.91 Å². The smallest absolute Gasteiger partial charge is 0.223 e. The van der Waals surface area contributed by atoms with Gasteiger partial charge in [-0.05, 0) is 50.7 Å². The lowest BCUT2D eigenvalue weighted by molar-refractivity contribution is -0.126. The number of aryl methyl sites for hydroxylation is 1. The van der Waals surface area contributed by atoms with Gasteiger partial charge in [-0.1, -0.05) is 18.2 Å². The van der Waals surface area contributed by atoms with Gasteiger partial charge in [0, 0.05) is 66.6 Å². The number of aliphatic hydroxyl groups excluding tert-OH is 1. The van der Waals surface area contributed by atoms with E-state index < -0.39 is 6.10 Å². The van der Waals surface area contributed by atoms with Gasteiger partial charge in [0.25, 0.3) is 0 Å². The summed E-state index contributed by atoms with van der Waals surface area (Å²) >= 11 is 0. The van der Waals surface area contributed by atoms with Gasteiger partial charge in [0.15, 0.2) is 5.82 Å². The molecule has 5 rings (SSSR count). The van der Waals surface area contributed by atoms with E-state index in [1.54, 1.807) is 11.6 Å². The van der Waals surface area contributed by atoms with Gasteiger partial charge in [-0.3, -0.25) is 14.2 Å². The molecule has 1 saturated carbocycles. The first-order valence-corrected chi connectivity index (χ1v) is 12.9. The molecule has 1 aliphatic rings. The zero-order valence-corrected chi connectivity index (χ0v) is 21.3. The molecule has 3 heterocycles. The second-order valence-corrected chi connectivity index (χ2v) is 9.92. The highest BCUT2D eigenvalue weighted by Crippen LogP contribution is 2.33. The molecule has 9 heteroatoms. The fraction of sp³-hybridized carbons (Fsp3) is 0.393. The SMILES string of the molecule is CC(O)CCNC(=O)C1CCC(n2cc(-c3cnc(-c4cccc(-c5cnn(C)c5)c4)nc3)cn2)CC1. The van der Waals surface area contributed by atoms with Crippen LogP contribution in [-0.2, 0) is 11.8 Å². The summed E-state index contributed by atoms with van der Waals surface area (Å²) in [6, 6.07) is 8.43. The van der Waals surface area contributed by atoms with Crippen LogP contribution >= 0.6 is 0 Å². The quantitative estimate of drug-likeness (QED) is 0.379. The summed E-state index contributed by atoms with van der Waals surface area (Å²) in [7, 11) is 1.91. The van der Waals surface area contributed by atoms with E-state index in [2.05, 4.69) is 43.8 Å². The molecule has 37 heavy (non-hydrogen) atoms. The van der Waals surface area contributed by atoms with Gasteiger partial charge in [-0.15, -0.1) is 0 Å². The van der Waals surface area contributed by atoms with Crippen LogP contribution in [0.15, 0.2) is 61.4 Å². The lowest BCUT2D eigenvalue weighted by Gasteiger charge is -2.28. The maximum absolute atomic E-state index is 12.4. The molecule has 1 aliphatic carbocycles. The van der Waals surface area contributed by atoms with Crippen molar-refractivity contribution in [3.63, 3.8) is 0 Å². The van der Waals surface area contributed by atoms with E-state index in [4.69, 9.17) is 0 Å². The van der Waals surface area contributed by atoms with Crippen molar-refractivity contribution in [2.24, 2.45) is 13.0 Å². The number of aromatic nitrogens is 6. The van der Waals surface area contributed by atoms with E-state index in [9.17, 15) is 9.90 Å². The minimum Gasteiger partial charge on any atom is -0.393 e. The van der Waals surface area contributed by atoms with Crippen LogP contribution in [0.2, 0.25) is 0 Å². The van der Waals surface area contributed by atoms with Gasteiger partial charge in [0.05, 0.1) is 24.5 Å². The van der Waals surface area contributed by atoms with E-state index in [0.717, 1.165) is 53.5 Å². The van der Waals surface area contributed by atoms with Crippen LogP contribution in [0.3, 0.4) is 0 Å². The van der Waals surface area contributed by atoms with Crippen molar-refractivity contribution < 1.29 is 9.90 Å². The molecule has 0 radical (unpaired) electrons. The summed E-state index contributed by atoms with van der Waals surface area (Å²) in [5.41, 5.74) is 4.99. The van der Waals surface area contributed by atoms with E-state index >= 15 is 0 Å². The predicted molar refractivity (Wildman–Crippen MR) is 141 cm³/mol. The molecule has 1 fully saturated rings. The third kappa shape index (κ3) is 5.94. The average Bonchev–Trinajstić information content (AvgIpc) is 3.58. The third-order valence-electron chi connectivity index (χ3n) is 7.05. The molecule has 1 amide bonds. The van der Waals surface area contributed by atoms with E-state index in [1.165, 1.54) is 0 Å². The van der Waals surface area contributed by atoms with Crippen LogP contribution in [0.25, 0.3) is 33.6 Å². The van der Waals surface area contributed by atoms with E-state index in [-0.39, 0.29) is 17.9 Å². The monoisotopic (exact) mass is 499 g/mol. The topological polar surface area (TPSA) is 111 Å². The Bertz CT molecular complexity index is 1330. The standard InChI is InChI=1S/C28H33N7O2/c1-19(36)10-11-29-28(37)20-6-8-26(9-7-20)35-18-25(16-33-35)23-13-30-27(31-14-23)22-5-3-4-21(12-22)24-15-32-34(2)17-24/h3-5,12-20,26,36H,6-11H2,1-2H3,(H,29,37). The Kier molecular flexibility index (Phi) is 7.41. The highest BCUT2D eigenvalue weighted by Gasteiger charge is 2.27. The number of nitrogens with one attached hydrogen (secondary N) is 1. The molecular weight excluding hydrogens is 466 g/mol. The molecule has 192 valence electrons. The maximum atomic E-state index is 12.4. The van der Waals surface area contributed by atoms with E-state index in [1.807, 2.05) is 54.8 Å². The van der Waals surface area contributed by atoms with Crippen LogP contribution < -0.4 is 5.32 Å². The number of carbonyl (C=O) groups is 1. The van der Waals surface area contributed by atoms with Gasteiger partial charge in [0.2, 0.25) is 5.91 Å². The molecule has 0 bridgehead atoms. The molecule has 3 aromatic heterocycles. The highest BCUT2D eigenvalue weighted by molar-refractivity contribution is 5.78. The zero-order chi connectivity index (χ0) is 25.8. The Labute approximate surface area is 216 Å². The van der Waals surface area contributed by atoms with E-state index in [0.29, 0.717) is 18.8 Å². The molecule has 2 N–H and O–H groups in total. The number of hydrogen-bond donors (Lipinski definition) is 2. The van der Waals surface area contributed by atoms with Gasteiger partial charge in [0.1, 0.15) is 0 Å². The van der Waals surface area contributed by atoms with Gasteiger partial charge < -0.3 is 10.4 Å². The highest BCUT2D eigenvalue weighted by atomic mass is 16.3. The summed E-state index contributed by atoms with van der Waals surface area (Å²) in [6.45, 7) is 2.26. The van der Waals surface area contributed by atoms with Crippen LogP contribution in [0.5, 0.6) is 0 Å². The third-order valence-corrected chi connectivity index (χ3v) is 7.05. The second-order valence-electron chi connectivity index (χ2n) is 9.92. The predicted octanol–water partition coefficient (Wildman–Crippen LogP) is 4.03. The summed E-state index contributed by atoms with van der Waals surface area (Å²) in [5.74, 6) is 0.813. The Hall–Kier alpha value is -3.85. The largest absolute Gasteiger partial charge is 0.393 e. The molecule has 0 aliphatic heterocycles. The Balaban J connectivity index is 1.20. The number of aliphatic hydroxyl groups is 1. The summed E-state index contributed by atoms with van der Waals surface area (Å²) in [5, 5.41) is 21.2. The molecule has 1 atom stereocenters. The molecule has 1 unspecified atom stereocenters. The zero-order valence-electron chi connectivity index (χ0n) is 21.3. The van der Waals surface area contributed by atoms with Crippen LogP contribution in [0.4, 0.5) is 0 Å². The first-order valence-electron chi connectivity index (χ1n) is 12.9. The number of amides is 1. The van der Waals surface area contributed by atoms with Crippen molar-refractivity contribution in [3.05, 3.63) is 61.4 Å². The van der Waals surface area contributed by atoms with Crippen molar-refractivity contribution in [2.75, 3.05) is 6.54 Å². The van der Waals surface area contributed by atoms with Crippen molar-refractivity contribution in [1.29, 1.82) is 0 Å². The number of hydrogen-bond acceptors (Lipinski definition) is 6. The molecule has 0 spiro atoms. The summed E-state index contributed by atoms with van der Waals surface area (Å²) < 4.78 is 3.80.